The number of nitrogens with two attached hydrogens (primary N) is 2. The highest BCUT2D eigenvalue weighted by molar-refractivity contribution is 5.97. The van der Waals surface area contributed by atoms with Crippen LogP contribution in [0.1, 0.15) is 29.6 Å². The molecule has 9 nitrogen and oxygen atoms in total. The van der Waals surface area contributed by atoms with Gasteiger partial charge in [0, 0.05) is 23.7 Å². The number of nitrogens with zero attached hydrogens (tertiary/aromatic N) is 4. The molecule has 9 heteroatoms. The van der Waals surface area contributed by atoms with Gasteiger partial charge in [-0.25, -0.2) is 0 Å². The summed E-state index contributed by atoms with van der Waals surface area (Å²) >= 11 is 0. The normalized spacial score (nSPS) is 10.5. The number of carbonyl (C=O) groups excluding carboxylic acids is 1. The molecule has 1 aromatic carbocycles. The Balaban J connectivity index is 2.51. The van der Waals surface area contributed by atoms with Gasteiger partial charge in [-0.1, -0.05) is 11.2 Å². The fourth-order valence-electron chi connectivity index (χ4n) is 2.38. The van der Waals surface area contributed by atoms with E-state index in [-0.39, 0.29) is 22.9 Å². The maximum atomic E-state index is 12.2. The van der Waals surface area contributed by atoms with Crippen LogP contribution in [0.25, 0.3) is 10.4 Å². The molecule has 0 atom stereocenters. The van der Waals surface area contributed by atoms with Crippen molar-refractivity contribution in [3.05, 3.63) is 34.2 Å². The Kier molecular flexibility index (Phi) is 10.0. The van der Waals surface area contributed by atoms with Crippen molar-refractivity contribution < 1.29 is 9.90 Å². The lowest BCUT2D eigenvalue weighted by Crippen LogP contribution is -2.36. The number of phenolic OH excluding ortho intramolecular Hbond substituents is 1. The number of benzene rings is 1. The Bertz CT molecular complexity index is 588. The number of rotatable bonds is 12. The van der Waals surface area contributed by atoms with Crippen molar-refractivity contribution in [3.63, 3.8) is 0 Å². The summed E-state index contributed by atoms with van der Waals surface area (Å²) in [5.41, 5.74) is 19.9. The first-order valence-corrected chi connectivity index (χ1v) is 8.41. The number of phenols is 1. The summed E-state index contributed by atoms with van der Waals surface area (Å²) in [6.07, 6.45) is 2.88. The fourth-order valence-corrected chi connectivity index (χ4v) is 2.38. The second kappa shape index (κ2) is 12.1. The zero-order valence-corrected chi connectivity index (χ0v) is 14.4. The van der Waals surface area contributed by atoms with Crippen molar-refractivity contribution in [2.24, 2.45) is 16.6 Å². The zero-order chi connectivity index (χ0) is 18.5. The molecule has 0 aliphatic rings. The van der Waals surface area contributed by atoms with E-state index in [1.165, 1.54) is 18.2 Å². The molecule has 1 aromatic rings. The maximum Gasteiger partial charge on any atom is 0.255 e. The number of unbranched alkanes of at least 4 members (excludes halogenated alkanes) is 1. The SMILES string of the molecule is [N-]=[N+]=Nc1ccc(C(=O)NCCN(CCCN)CCCCN)c(O)c1. The zero-order valence-electron chi connectivity index (χ0n) is 14.4. The molecule has 0 bridgehead atoms. The van der Waals surface area contributed by atoms with E-state index in [0.29, 0.717) is 26.2 Å². The number of carbonyl (C=O) groups is 1. The van der Waals surface area contributed by atoms with Crippen LogP contribution >= 0.6 is 0 Å². The minimum Gasteiger partial charge on any atom is -0.507 e. The number of azide groups is 1. The molecule has 0 fully saturated rings. The third-order valence-corrected chi connectivity index (χ3v) is 3.71. The van der Waals surface area contributed by atoms with E-state index < -0.39 is 0 Å². The first-order valence-electron chi connectivity index (χ1n) is 8.41. The van der Waals surface area contributed by atoms with Gasteiger partial charge >= 0.3 is 0 Å². The molecular weight excluding hydrogens is 322 g/mol. The first kappa shape index (κ1) is 20.7. The average molecular weight is 349 g/mol. The Labute approximate surface area is 147 Å². The van der Waals surface area contributed by atoms with Gasteiger partial charge in [-0.05, 0) is 63.1 Å². The van der Waals surface area contributed by atoms with Gasteiger partial charge in [0.25, 0.3) is 5.91 Å². The van der Waals surface area contributed by atoms with E-state index >= 15 is 0 Å². The summed E-state index contributed by atoms with van der Waals surface area (Å²) in [6.45, 7) is 4.26. The molecule has 0 unspecified atom stereocenters. The van der Waals surface area contributed by atoms with Gasteiger partial charge in [-0.3, -0.25) is 4.79 Å². The summed E-state index contributed by atoms with van der Waals surface area (Å²) in [6, 6.07) is 4.17. The van der Waals surface area contributed by atoms with Gasteiger partial charge in [0.2, 0.25) is 0 Å². The number of hydrogen-bond donors (Lipinski definition) is 4. The fraction of sp³-hybridized carbons (Fsp3) is 0.562. The molecule has 0 spiro atoms. The Hall–Kier alpha value is -2.32. The molecule has 6 N–H and O–H groups in total. The lowest BCUT2D eigenvalue weighted by Gasteiger charge is -2.22. The predicted octanol–water partition coefficient (Wildman–Crippen LogP) is 1.45. The van der Waals surface area contributed by atoms with Crippen molar-refractivity contribution in [3.8, 4) is 5.75 Å². The minimum atomic E-state index is -0.370. The first-order chi connectivity index (χ1) is 12.1. The molecule has 138 valence electrons. The molecule has 0 saturated carbocycles. The van der Waals surface area contributed by atoms with Crippen LogP contribution in [0.5, 0.6) is 5.75 Å². The molecule has 0 aliphatic heterocycles. The Morgan fingerprint density at radius 3 is 2.56 bits per heavy atom. The quantitative estimate of drug-likeness (QED) is 0.195. The molecular formula is C16H27N7O2. The van der Waals surface area contributed by atoms with Gasteiger partial charge < -0.3 is 26.8 Å². The van der Waals surface area contributed by atoms with Crippen LogP contribution in [0.2, 0.25) is 0 Å². The second-order valence-electron chi connectivity index (χ2n) is 5.63. The van der Waals surface area contributed by atoms with Crippen molar-refractivity contribution in [1.29, 1.82) is 0 Å². The molecule has 1 amide bonds. The Morgan fingerprint density at radius 1 is 1.20 bits per heavy atom. The van der Waals surface area contributed by atoms with Crippen LogP contribution in [-0.2, 0) is 0 Å². The third kappa shape index (κ3) is 7.86. The van der Waals surface area contributed by atoms with Crippen LogP contribution in [0.15, 0.2) is 23.3 Å². The van der Waals surface area contributed by atoms with Crippen molar-refractivity contribution in [1.82, 2.24) is 10.2 Å². The summed E-state index contributed by atoms with van der Waals surface area (Å²) in [7, 11) is 0. The van der Waals surface area contributed by atoms with Gasteiger partial charge in [0.05, 0.1) is 5.56 Å². The van der Waals surface area contributed by atoms with Crippen molar-refractivity contribution >= 4 is 11.6 Å². The third-order valence-electron chi connectivity index (χ3n) is 3.71. The highest BCUT2D eigenvalue weighted by atomic mass is 16.3. The topological polar surface area (TPSA) is 153 Å². The van der Waals surface area contributed by atoms with Crippen LogP contribution < -0.4 is 16.8 Å². The predicted molar refractivity (Wildman–Crippen MR) is 97.6 cm³/mol. The van der Waals surface area contributed by atoms with Gasteiger partial charge in [-0.2, -0.15) is 0 Å². The van der Waals surface area contributed by atoms with E-state index in [2.05, 4.69) is 20.2 Å². The molecule has 25 heavy (non-hydrogen) atoms. The van der Waals surface area contributed by atoms with Crippen molar-refractivity contribution in [2.45, 2.75) is 19.3 Å². The molecule has 0 heterocycles. The number of aromatic hydroxyl groups is 1. The lowest BCUT2D eigenvalue weighted by atomic mass is 10.1. The molecule has 0 aliphatic carbocycles. The van der Waals surface area contributed by atoms with Gasteiger partial charge in [-0.15, -0.1) is 0 Å². The summed E-state index contributed by atoms with van der Waals surface area (Å²) in [5, 5.41) is 16.0. The highest BCUT2D eigenvalue weighted by Crippen LogP contribution is 2.23. The monoisotopic (exact) mass is 349 g/mol. The molecule has 0 radical (unpaired) electrons. The number of amides is 1. The van der Waals surface area contributed by atoms with E-state index in [4.69, 9.17) is 17.0 Å². The molecule has 1 rings (SSSR count). The summed E-state index contributed by atoms with van der Waals surface area (Å²) in [4.78, 5) is 17.0. The van der Waals surface area contributed by atoms with Crippen LogP contribution in [0.3, 0.4) is 0 Å². The van der Waals surface area contributed by atoms with E-state index in [1.807, 2.05) is 0 Å². The Morgan fingerprint density at radius 2 is 1.92 bits per heavy atom. The van der Waals surface area contributed by atoms with Crippen molar-refractivity contribution in [2.75, 3.05) is 39.3 Å². The second-order valence-corrected chi connectivity index (χ2v) is 5.63. The summed E-state index contributed by atoms with van der Waals surface area (Å²) in [5.74, 6) is -0.587. The average Bonchev–Trinajstić information content (AvgIpc) is 2.59. The van der Waals surface area contributed by atoms with Crippen LogP contribution in [0.4, 0.5) is 5.69 Å². The van der Waals surface area contributed by atoms with E-state index in [1.54, 1.807) is 0 Å². The van der Waals surface area contributed by atoms with Crippen LogP contribution in [-0.4, -0.2) is 55.2 Å². The largest absolute Gasteiger partial charge is 0.507 e. The minimum absolute atomic E-state index is 0.147. The van der Waals surface area contributed by atoms with Gasteiger partial charge in [0.1, 0.15) is 5.75 Å². The smallest absolute Gasteiger partial charge is 0.255 e. The maximum absolute atomic E-state index is 12.2. The van der Waals surface area contributed by atoms with Crippen LogP contribution in [0, 0.1) is 0 Å². The van der Waals surface area contributed by atoms with E-state index in [9.17, 15) is 9.90 Å². The lowest BCUT2D eigenvalue weighted by molar-refractivity contribution is 0.0945. The number of hydrogen-bond acceptors (Lipinski definition) is 6. The summed E-state index contributed by atoms with van der Waals surface area (Å²) < 4.78 is 0. The van der Waals surface area contributed by atoms with Gasteiger partial charge in [0.15, 0.2) is 0 Å². The standard InChI is InChI=1S/C16H27N7O2/c17-6-1-2-9-23(10-3-7-18)11-8-20-16(25)14-5-4-13(21-22-19)12-15(14)24/h4-5,12,24H,1-3,6-11,17-18H2,(H,20,25). The molecule has 0 aromatic heterocycles. The van der Waals surface area contributed by atoms with E-state index in [0.717, 1.165) is 32.4 Å². The highest BCUT2D eigenvalue weighted by Gasteiger charge is 2.12. The molecule has 0 saturated heterocycles. The number of nitrogens with one attached hydrogen (secondary N) is 1.